The minimum absolute atomic E-state index is 0.00777. The van der Waals surface area contributed by atoms with E-state index in [-0.39, 0.29) is 59.3 Å². The van der Waals surface area contributed by atoms with Crippen molar-refractivity contribution in [1.82, 2.24) is 0 Å². The van der Waals surface area contributed by atoms with Crippen LogP contribution in [0.2, 0.25) is 0 Å². The normalized spacial score (nSPS) is 42.7. The molecule has 164 valence electrons. The number of carbonyl (C=O) groups excluding carboxylic acids is 3. The highest BCUT2D eigenvalue weighted by molar-refractivity contribution is 6.03. The summed E-state index contributed by atoms with van der Waals surface area (Å²) in [5.41, 5.74) is -0.00665. The Labute approximate surface area is 185 Å². The van der Waals surface area contributed by atoms with Crippen LogP contribution in [0, 0.1) is 40.9 Å². The SMILES string of the molecule is CCOC(=O)C1C2C1C1C3C4c5cc6ccccc6cc5C(C(=O)OC)(C42)C31C(=O)OC. The fraction of sp³-hybridized carbons (Fsp3) is 0.500. The molecule has 5 saturated carbocycles. The van der Waals surface area contributed by atoms with Crippen molar-refractivity contribution < 1.29 is 28.6 Å². The highest BCUT2D eigenvalue weighted by Gasteiger charge is 3.01. The Balaban J connectivity index is 1.51. The number of fused-ring (bicyclic) bond motifs is 2. The minimum Gasteiger partial charge on any atom is -0.469 e. The van der Waals surface area contributed by atoms with Gasteiger partial charge in [0.15, 0.2) is 0 Å². The van der Waals surface area contributed by atoms with Gasteiger partial charge in [-0.15, -0.1) is 0 Å². The van der Waals surface area contributed by atoms with Gasteiger partial charge in [0.05, 0.1) is 32.2 Å². The summed E-state index contributed by atoms with van der Waals surface area (Å²) in [6, 6.07) is 12.4. The van der Waals surface area contributed by atoms with E-state index in [1.807, 2.05) is 18.2 Å². The van der Waals surface area contributed by atoms with E-state index in [9.17, 15) is 14.4 Å². The second-order valence-electron chi connectivity index (χ2n) is 9.98. The predicted octanol–water partition coefficient (Wildman–Crippen LogP) is 2.82. The summed E-state index contributed by atoms with van der Waals surface area (Å²) in [6.45, 7) is 2.13. The van der Waals surface area contributed by atoms with Crippen molar-refractivity contribution in [3.8, 4) is 0 Å². The number of rotatable bonds is 4. The summed E-state index contributed by atoms with van der Waals surface area (Å²) in [5, 5.41) is 2.15. The van der Waals surface area contributed by atoms with Gasteiger partial charge in [0.25, 0.3) is 0 Å². The van der Waals surface area contributed by atoms with Gasteiger partial charge >= 0.3 is 17.9 Å². The van der Waals surface area contributed by atoms with Gasteiger partial charge in [-0.05, 0) is 70.4 Å². The molecule has 8 rings (SSSR count). The summed E-state index contributed by atoms with van der Waals surface area (Å²) in [7, 11) is 2.79. The van der Waals surface area contributed by atoms with Crippen LogP contribution in [-0.2, 0) is 34.0 Å². The van der Waals surface area contributed by atoms with Crippen LogP contribution in [-0.4, -0.2) is 38.7 Å². The van der Waals surface area contributed by atoms with Gasteiger partial charge in [0.2, 0.25) is 0 Å². The van der Waals surface area contributed by atoms with Gasteiger partial charge in [-0.3, -0.25) is 14.4 Å². The maximum absolute atomic E-state index is 13.8. The molecule has 6 nitrogen and oxygen atoms in total. The molecular formula is C26H24O6. The molecule has 9 unspecified atom stereocenters. The average molecular weight is 432 g/mol. The number of carbonyl (C=O) groups is 3. The first-order valence-corrected chi connectivity index (χ1v) is 11.4. The van der Waals surface area contributed by atoms with Crippen LogP contribution < -0.4 is 0 Å². The van der Waals surface area contributed by atoms with E-state index in [1.54, 1.807) is 6.92 Å². The third-order valence-electron chi connectivity index (χ3n) is 9.51. The van der Waals surface area contributed by atoms with Crippen LogP contribution in [0.3, 0.4) is 0 Å². The molecule has 32 heavy (non-hydrogen) atoms. The standard InChI is InChI=1S/C26H24O6/c1-4-32-22(27)18-16-17(18)21-20-15-13-9-11-7-5-6-8-12(11)10-14(13)25(19(15)16,23(28)30-2)26(20,21)24(29)31-3/h5-10,15-21H,4H2,1-3H3. The molecule has 6 bridgehead atoms. The van der Waals surface area contributed by atoms with E-state index >= 15 is 0 Å². The topological polar surface area (TPSA) is 78.9 Å². The molecule has 0 heterocycles. The van der Waals surface area contributed by atoms with E-state index in [4.69, 9.17) is 14.2 Å². The molecule has 5 fully saturated rings. The first kappa shape index (κ1) is 18.7. The Morgan fingerprint density at radius 1 is 0.906 bits per heavy atom. The number of ether oxygens (including phenoxy) is 3. The number of esters is 3. The highest BCUT2D eigenvalue weighted by Crippen LogP contribution is 2.97. The molecule has 0 radical (unpaired) electrons. The Hall–Kier alpha value is -2.89. The Morgan fingerprint density at radius 2 is 1.56 bits per heavy atom. The maximum atomic E-state index is 13.8. The van der Waals surface area contributed by atoms with E-state index in [0.717, 1.165) is 21.9 Å². The minimum atomic E-state index is -1.10. The zero-order chi connectivity index (χ0) is 22.2. The van der Waals surface area contributed by atoms with Crippen molar-refractivity contribution in [1.29, 1.82) is 0 Å². The first-order chi connectivity index (χ1) is 15.5. The predicted molar refractivity (Wildman–Crippen MR) is 112 cm³/mol. The van der Waals surface area contributed by atoms with Crippen LogP contribution in [0.15, 0.2) is 36.4 Å². The van der Waals surface area contributed by atoms with Gasteiger partial charge in [0, 0.05) is 0 Å². The van der Waals surface area contributed by atoms with Crippen LogP contribution in [0.1, 0.15) is 24.0 Å². The maximum Gasteiger partial charge on any atom is 0.317 e. The Morgan fingerprint density at radius 3 is 2.22 bits per heavy atom. The lowest BCUT2D eigenvalue weighted by Crippen LogP contribution is -2.54. The lowest BCUT2D eigenvalue weighted by molar-refractivity contribution is -0.166. The third kappa shape index (κ3) is 1.58. The second kappa shape index (κ2) is 5.53. The monoisotopic (exact) mass is 432 g/mol. The lowest BCUT2D eigenvalue weighted by atomic mass is 9.59. The quantitative estimate of drug-likeness (QED) is 0.546. The van der Waals surface area contributed by atoms with Crippen LogP contribution in [0.4, 0.5) is 0 Å². The summed E-state index contributed by atoms with van der Waals surface area (Å²) in [5.74, 6) is -1.17. The molecule has 0 aromatic heterocycles. The summed E-state index contributed by atoms with van der Waals surface area (Å²) < 4.78 is 16.2. The van der Waals surface area contributed by atoms with Crippen LogP contribution >= 0.6 is 0 Å². The Bertz CT molecular complexity index is 1250. The van der Waals surface area contributed by atoms with Crippen molar-refractivity contribution >= 4 is 28.7 Å². The Kier molecular flexibility index (Phi) is 3.23. The van der Waals surface area contributed by atoms with Crippen molar-refractivity contribution in [2.45, 2.75) is 18.3 Å². The molecule has 0 aliphatic heterocycles. The molecular weight excluding hydrogens is 408 g/mol. The third-order valence-corrected chi connectivity index (χ3v) is 9.51. The largest absolute Gasteiger partial charge is 0.469 e. The zero-order valence-corrected chi connectivity index (χ0v) is 18.2. The molecule has 2 aromatic carbocycles. The van der Waals surface area contributed by atoms with Crippen molar-refractivity contribution in [3.05, 3.63) is 47.5 Å². The van der Waals surface area contributed by atoms with Crippen LogP contribution in [0.5, 0.6) is 0 Å². The molecule has 0 N–H and O–H groups in total. The molecule has 0 amide bonds. The van der Waals surface area contributed by atoms with Gasteiger partial charge in [0.1, 0.15) is 5.41 Å². The average Bonchev–Trinajstić information content (AvgIpc) is 3.68. The van der Waals surface area contributed by atoms with Crippen LogP contribution in [0.25, 0.3) is 10.8 Å². The summed E-state index contributed by atoms with van der Waals surface area (Å²) in [6.07, 6.45) is 0. The van der Waals surface area contributed by atoms with Gasteiger partial charge in [-0.25, -0.2) is 0 Å². The van der Waals surface area contributed by atoms with Crippen molar-refractivity contribution in [2.75, 3.05) is 20.8 Å². The van der Waals surface area contributed by atoms with Gasteiger partial charge < -0.3 is 14.2 Å². The second-order valence-corrected chi connectivity index (χ2v) is 9.98. The zero-order valence-electron chi connectivity index (χ0n) is 18.2. The smallest absolute Gasteiger partial charge is 0.317 e. The molecule has 6 heteroatoms. The molecule has 9 atom stereocenters. The molecule has 0 spiro atoms. The summed E-state index contributed by atoms with van der Waals surface area (Å²) in [4.78, 5) is 40.1. The van der Waals surface area contributed by atoms with E-state index in [2.05, 4.69) is 18.2 Å². The van der Waals surface area contributed by atoms with Crippen molar-refractivity contribution in [2.24, 2.45) is 40.9 Å². The molecule has 6 aliphatic carbocycles. The number of hydrogen-bond acceptors (Lipinski definition) is 6. The fourth-order valence-corrected chi connectivity index (χ4v) is 8.99. The number of benzene rings is 2. The van der Waals surface area contributed by atoms with Gasteiger partial charge in [-0.2, -0.15) is 0 Å². The molecule has 0 saturated heterocycles. The van der Waals surface area contributed by atoms with Gasteiger partial charge in [-0.1, -0.05) is 30.3 Å². The number of hydrogen-bond donors (Lipinski definition) is 0. The van der Waals surface area contributed by atoms with E-state index in [1.165, 1.54) is 14.2 Å². The highest BCUT2D eigenvalue weighted by atomic mass is 16.5. The van der Waals surface area contributed by atoms with E-state index < -0.39 is 10.8 Å². The fourth-order valence-electron chi connectivity index (χ4n) is 8.99. The molecule has 2 aromatic rings. The first-order valence-electron chi connectivity index (χ1n) is 11.4. The molecule has 6 aliphatic rings. The number of methoxy groups -OCH3 is 2. The van der Waals surface area contributed by atoms with Crippen molar-refractivity contribution in [3.63, 3.8) is 0 Å². The lowest BCUT2D eigenvalue weighted by Gasteiger charge is -2.41. The van der Waals surface area contributed by atoms with E-state index in [0.29, 0.717) is 6.61 Å². The summed E-state index contributed by atoms with van der Waals surface area (Å²) >= 11 is 0.